The molecule has 6 heteroatoms. The summed E-state index contributed by atoms with van der Waals surface area (Å²) in [5.41, 5.74) is 0. The summed E-state index contributed by atoms with van der Waals surface area (Å²) in [7, 11) is 3.61. The Morgan fingerprint density at radius 1 is 1.38 bits per heavy atom. The van der Waals surface area contributed by atoms with Crippen molar-refractivity contribution in [3.05, 3.63) is 11.9 Å². The van der Waals surface area contributed by atoms with E-state index in [1.54, 1.807) is 7.05 Å². The fraction of sp³-hybridized carbons (Fsp3) is 0.667. The molecular weight excluding hydrogens is 266 g/mol. The third-order valence-corrected chi connectivity index (χ3v) is 3.26. The molecule has 0 aliphatic heterocycles. The molecule has 0 radical (unpaired) electrons. The molecule has 1 amide bonds. The van der Waals surface area contributed by atoms with Crippen LogP contribution < -0.4 is 15.5 Å². The molecule has 1 aromatic heterocycles. The first-order valence-electron chi connectivity index (χ1n) is 7.56. The van der Waals surface area contributed by atoms with Crippen molar-refractivity contribution in [2.24, 2.45) is 5.92 Å². The molecule has 0 spiro atoms. The van der Waals surface area contributed by atoms with Crippen LogP contribution in [0.25, 0.3) is 0 Å². The van der Waals surface area contributed by atoms with Crippen molar-refractivity contribution < 1.29 is 4.79 Å². The standard InChI is InChI=1S/C15H27N5O/c1-6-8-17-13-9-14(19-12(7-2)18-13)20(5)10-11(3)15(21)16-4/h9,11H,6-8,10H2,1-5H3,(H,16,21)(H,17,18,19). The molecule has 118 valence electrons. The molecule has 0 saturated carbocycles. The van der Waals surface area contributed by atoms with Gasteiger partial charge in [-0.15, -0.1) is 0 Å². The summed E-state index contributed by atoms with van der Waals surface area (Å²) >= 11 is 0. The first-order chi connectivity index (χ1) is 10.0. The van der Waals surface area contributed by atoms with Crippen LogP contribution in [0.15, 0.2) is 6.07 Å². The Morgan fingerprint density at radius 3 is 2.67 bits per heavy atom. The molecule has 6 nitrogen and oxygen atoms in total. The maximum Gasteiger partial charge on any atom is 0.224 e. The van der Waals surface area contributed by atoms with Crippen LogP contribution in [0.5, 0.6) is 0 Å². The van der Waals surface area contributed by atoms with E-state index in [0.29, 0.717) is 6.54 Å². The number of carbonyl (C=O) groups excluding carboxylic acids is 1. The highest BCUT2D eigenvalue weighted by atomic mass is 16.1. The van der Waals surface area contributed by atoms with Crippen LogP contribution in [-0.2, 0) is 11.2 Å². The van der Waals surface area contributed by atoms with Crippen LogP contribution in [0.2, 0.25) is 0 Å². The second-order valence-electron chi connectivity index (χ2n) is 5.20. The molecule has 2 N–H and O–H groups in total. The highest BCUT2D eigenvalue weighted by Crippen LogP contribution is 2.16. The molecule has 1 unspecified atom stereocenters. The molecule has 0 saturated heterocycles. The van der Waals surface area contributed by atoms with E-state index in [9.17, 15) is 4.79 Å². The Labute approximate surface area is 127 Å². The Balaban J connectivity index is 2.86. The van der Waals surface area contributed by atoms with Crippen molar-refractivity contribution in [3.63, 3.8) is 0 Å². The van der Waals surface area contributed by atoms with Gasteiger partial charge in [0.2, 0.25) is 5.91 Å². The number of carbonyl (C=O) groups is 1. The summed E-state index contributed by atoms with van der Waals surface area (Å²) in [5.74, 6) is 2.45. The molecule has 0 fully saturated rings. The van der Waals surface area contributed by atoms with Crippen molar-refractivity contribution in [2.45, 2.75) is 33.6 Å². The van der Waals surface area contributed by atoms with Gasteiger partial charge in [0, 0.05) is 39.7 Å². The van der Waals surface area contributed by atoms with Crippen molar-refractivity contribution in [1.29, 1.82) is 0 Å². The molecule has 1 aromatic rings. The summed E-state index contributed by atoms with van der Waals surface area (Å²) in [5, 5.41) is 5.97. The molecule has 21 heavy (non-hydrogen) atoms. The van der Waals surface area contributed by atoms with Gasteiger partial charge in [0.1, 0.15) is 17.5 Å². The van der Waals surface area contributed by atoms with Crippen molar-refractivity contribution >= 4 is 17.5 Å². The van der Waals surface area contributed by atoms with E-state index in [1.165, 1.54) is 0 Å². The van der Waals surface area contributed by atoms with E-state index in [0.717, 1.165) is 36.8 Å². The minimum atomic E-state index is -0.0907. The number of nitrogens with zero attached hydrogens (tertiary/aromatic N) is 3. The van der Waals surface area contributed by atoms with Crippen LogP contribution in [0.1, 0.15) is 33.0 Å². The number of rotatable bonds is 8. The van der Waals surface area contributed by atoms with Crippen LogP contribution in [0.3, 0.4) is 0 Å². The monoisotopic (exact) mass is 293 g/mol. The fourth-order valence-corrected chi connectivity index (χ4v) is 2.01. The Kier molecular flexibility index (Phi) is 6.91. The second kappa shape index (κ2) is 8.44. The van der Waals surface area contributed by atoms with Gasteiger partial charge >= 0.3 is 0 Å². The zero-order valence-corrected chi connectivity index (χ0v) is 13.7. The smallest absolute Gasteiger partial charge is 0.224 e. The van der Waals surface area contributed by atoms with Crippen LogP contribution in [-0.4, -0.2) is 43.1 Å². The minimum Gasteiger partial charge on any atom is -0.370 e. The van der Waals surface area contributed by atoms with Crippen LogP contribution >= 0.6 is 0 Å². The van der Waals surface area contributed by atoms with E-state index >= 15 is 0 Å². The number of amides is 1. The largest absolute Gasteiger partial charge is 0.370 e. The van der Waals surface area contributed by atoms with Gasteiger partial charge < -0.3 is 15.5 Å². The Bertz CT molecular complexity index is 463. The molecule has 0 bridgehead atoms. The maximum atomic E-state index is 11.6. The van der Waals surface area contributed by atoms with Gasteiger partial charge in [-0.05, 0) is 6.42 Å². The predicted octanol–water partition coefficient (Wildman–Crippen LogP) is 1.68. The molecule has 0 aliphatic rings. The van der Waals surface area contributed by atoms with Crippen molar-refractivity contribution in [1.82, 2.24) is 15.3 Å². The number of hydrogen-bond donors (Lipinski definition) is 2. The lowest BCUT2D eigenvalue weighted by Gasteiger charge is -2.22. The summed E-state index contributed by atoms with van der Waals surface area (Å²) in [6.07, 6.45) is 1.83. The minimum absolute atomic E-state index is 0.0379. The number of aryl methyl sites for hydroxylation is 1. The summed E-state index contributed by atoms with van der Waals surface area (Å²) < 4.78 is 0. The van der Waals surface area contributed by atoms with Gasteiger partial charge in [-0.25, -0.2) is 9.97 Å². The third-order valence-electron chi connectivity index (χ3n) is 3.26. The lowest BCUT2D eigenvalue weighted by Crippen LogP contribution is -2.34. The van der Waals surface area contributed by atoms with Gasteiger partial charge in [-0.3, -0.25) is 4.79 Å². The molecule has 0 aliphatic carbocycles. The van der Waals surface area contributed by atoms with E-state index in [1.807, 2.05) is 31.9 Å². The normalized spacial score (nSPS) is 11.9. The van der Waals surface area contributed by atoms with E-state index in [-0.39, 0.29) is 11.8 Å². The SMILES string of the molecule is CCCNc1cc(N(C)CC(C)C(=O)NC)nc(CC)n1. The molecule has 1 atom stereocenters. The van der Waals surface area contributed by atoms with Gasteiger partial charge in [-0.2, -0.15) is 0 Å². The third kappa shape index (κ3) is 5.21. The quantitative estimate of drug-likeness (QED) is 0.763. The van der Waals surface area contributed by atoms with Gasteiger partial charge in [-0.1, -0.05) is 20.8 Å². The average Bonchev–Trinajstić information content (AvgIpc) is 2.51. The zero-order chi connectivity index (χ0) is 15.8. The van der Waals surface area contributed by atoms with Crippen LogP contribution in [0, 0.1) is 5.92 Å². The molecule has 0 aromatic carbocycles. The highest BCUT2D eigenvalue weighted by Gasteiger charge is 2.15. The lowest BCUT2D eigenvalue weighted by atomic mass is 10.1. The first-order valence-corrected chi connectivity index (χ1v) is 7.56. The van der Waals surface area contributed by atoms with Gasteiger partial charge in [0.25, 0.3) is 0 Å². The first kappa shape index (κ1) is 17.2. The molecular formula is C15H27N5O. The number of anilines is 2. The topological polar surface area (TPSA) is 70.2 Å². The maximum absolute atomic E-state index is 11.6. The number of hydrogen-bond acceptors (Lipinski definition) is 5. The highest BCUT2D eigenvalue weighted by molar-refractivity contribution is 5.78. The van der Waals surface area contributed by atoms with Crippen LogP contribution in [0.4, 0.5) is 11.6 Å². The Hall–Kier alpha value is -1.85. The second-order valence-corrected chi connectivity index (χ2v) is 5.20. The van der Waals surface area contributed by atoms with Crippen molar-refractivity contribution in [3.8, 4) is 0 Å². The molecule has 1 heterocycles. The number of nitrogens with one attached hydrogen (secondary N) is 2. The summed E-state index contributed by atoms with van der Waals surface area (Å²) in [6, 6.07) is 1.94. The van der Waals surface area contributed by atoms with Crippen molar-refractivity contribution in [2.75, 3.05) is 37.4 Å². The van der Waals surface area contributed by atoms with E-state index < -0.39 is 0 Å². The van der Waals surface area contributed by atoms with Gasteiger partial charge in [0.15, 0.2) is 0 Å². The number of aromatic nitrogens is 2. The predicted molar refractivity (Wildman–Crippen MR) is 86.7 cm³/mol. The zero-order valence-electron chi connectivity index (χ0n) is 13.7. The summed E-state index contributed by atoms with van der Waals surface area (Å²) in [4.78, 5) is 22.6. The lowest BCUT2D eigenvalue weighted by molar-refractivity contribution is -0.123. The molecule has 1 rings (SSSR count). The van der Waals surface area contributed by atoms with Gasteiger partial charge in [0.05, 0.1) is 5.92 Å². The van der Waals surface area contributed by atoms with E-state index in [2.05, 4.69) is 27.5 Å². The summed E-state index contributed by atoms with van der Waals surface area (Å²) in [6.45, 7) is 7.57. The Morgan fingerprint density at radius 2 is 2.10 bits per heavy atom. The fourth-order valence-electron chi connectivity index (χ4n) is 2.01. The van der Waals surface area contributed by atoms with E-state index in [4.69, 9.17) is 0 Å². The average molecular weight is 293 g/mol.